The van der Waals surface area contributed by atoms with Gasteiger partial charge in [0, 0.05) is 26.2 Å². The van der Waals surface area contributed by atoms with E-state index in [0.29, 0.717) is 44.0 Å². The molecule has 182 valence electrons. The Kier molecular flexibility index (Phi) is 7.94. The van der Waals surface area contributed by atoms with Crippen molar-refractivity contribution in [3.8, 4) is 5.69 Å². The molecule has 0 saturated carbocycles. The van der Waals surface area contributed by atoms with Crippen molar-refractivity contribution >= 4 is 29.0 Å². The van der Waals surface area contributed by atoms with Gasteiger partial charge in [-0.15, -0.1) is 0 Å². The molecular formula is C26H28ClN5O3. The fraction of sp³-hybridized carbons (Fsp3) is 0.308. The number of nitrogens with zero attached hydrogens (tertiary/aromatic N) is 4. The van der Waals surface area contributed by atoms with Crippen molar-refractivity contribution < 1.29 is 9.59 Å². The van der Waals surface area contributed by atoms with Crippen molar-refractivity contribution in [2.75, 3.05) is 37.6 Å². The first kappa shape index (κ1) is 24.6. The van der Waals surface area contributed by atoms with Gasteiger partial charge in [0.1, 0.15) is 5.02 Å². The second-order valence-corrected chi connectivity index (χ2v) is 8.96. The number of hydrogen-bond acceptors (Lipinski definition) is 6. The molecular weight excluding hydrogens is 466 g/mol. The van der Waals surface area contributed by atoms with Gasteiger partial charge in [0.15, 0.2) is 5.78 Å². The number of piperazine rings is 1. The Labute approximate surface area is 209 Å². The molecule has 0 radical (unpaired) electrons. The van der Waals surface area contributed by atoms with E-state index in [9.17, 15) is 14.4 Å². The number of nitrogens with one attached hydrogen (secondary N) is 1. The summed E-state index contributed by atoms with van der Waals surface area (Å²) in [6.45, 7) is 4.14. The van der Waals surface area contributed by atoms with Crippen LogP contribution in [0.2, 0.25) is 5.02 Å². The van der Waals surface area contributed by atoms with Crippen LogP contribution in [-0.2, 0) is 16.0 Å². The van der Waals surface area contributed by atoms with E-state index in [2.05, 4.69) is 10.4 Å². The first-order valence-electron chi connectivity index (χ1n) is 11.6. The molecule has 1 amide bonds. The number of halogens is 1. The molecule has 8 nitrogen and oxygen atoms in total. The third-order valence-electron chi connectivity index (χ3n) is 6.09. The Bertz CT molecular complexity index is 1220. The van der Waals surface area contributed by atoms with Crippen LogP contribution < -0.4 is 15.8 Å². The fourth-order valence-corrected chi connectivity index (χ4v) is 4.38. The Morgan fingerprint density at radius 3 is 2.26 bits per heavy atom. The van der Waals surface area contributed by atoms with Gasteiger partial charge in [0.2, 0.25) is 5.91 Å². The minimum Gasteiger partial charge on any atom is -0.366 e. The van der Waals surface area contributed by atoms with Crippen molar-refractivity contribution in [3.05, 3.63) is 87.8 Å². The Morgan fingerprint density at radius 1 is 1.00 bits per heavy atom. The zero-order valence-corrected chi connectivity index (χ0v) is 20.3. The van der Waals surface area contributed by atoms with Crippen LogP contribution >= 0.6 is 11.6 Å². The lowest BCUT2D eigenvalue weighted by atomic mass is 10.0. The molecule has 1 fully saturated rings. The van der Waals surface area contributed by atoms with Crippen LogP contribution in [0, 0.1) is 0 Å². The molecule has 0 aliphatic carbocycles. The van der Waals surface area contributed by atoms with E-state index in [0.717, 1.165) is 5.56 Å². The SMILES string of the molecule is CC(=O)C(Cc1ccccc1)NC(=O)CN1CCN(c2cnn(-c3ccccc3)c(=O)c2Cl)CC1. The monoisotopic (exact) mass is 493 g/mol. The number of carbonyl (C=O) groups is 2. The van der Waals surface area contributed by atoms with E-state index in [1.54, 1.807) is 18.3 Å². The Hall–Kier alpha value is -3.49. The summed E-state index contributed by atoms with van der Waals surface area (Å²) in [5, 5.41) is 7.30. The minimum atomic E-state index is -0.549. The number of anilines is 1. The number of ketones is 1. The number of aromatic nitrogens is 2. The molecule has 1 N–H and O–H groups in total. The molecule has 1 aliphatic heterocycles. The van der Waals surface area contributed by atoms with E-state index in [-0.39, 0.29) is 28.8 Å². The van der Waals surface area contributed by atoms with Gasteiger partial charge in [-0.05, 0) is 31.0 Å². The van der Waals surface area contributed by atoms with Gasteiger partial charge in [-0.1, -0.05) is 60.1 Å². The van der Waals surface area contributed by atoms with Crippen molar-refractivity contribution in [2.45, 2.75) is 19.4 Å². The van der Waals surface area contributed by atoms with E-state index < -0.39 is 6.04 Å². The number of carbonyl (C=O) groups excluding carboxylic acids is 2. The average molecular weight is 494 g/mol. The van der Waals surface area contributed by atoms with E-state index in [4.69, 9.17) is 11.6 Å². The Balaban J connectivity index is 1.33. The molecule has 9 heteroatoms. The van der Waals surface area contributed by atoms with Crippen molar-refractivity contribution in [3.63, 3.8) is 0 Å². The topological polar surface area (TPSA) is 87.5 Å². The molecule has 1 saturated heterocycles. The van der Waals surface area contributed by atoms with Crippen LogP contribution in [0.25, 0.3) is 5.69 Å². The van der Waals surface area contributed by atoms with Gasteiger partial charge < -0.3 is 10.2 Å². The molecule has 1 atom stereocenters. The molecule has 2 aromatic carbocycles. The predicted octanol–water partition coefficient (Wildman–Crippen LogP) is 2.32. The summed E-state index contributed by atoms with van der Waals surface area (Å²) in [6, 6.07) is 18.2. The summed E-state index contributed by atoms with van der Waals surface area (Å²) in [5.74, 6) is -0.251. The van der Waals surface area contributed by atoms with Crippen molar-refractivity contribution in [1.82, 2.24) is 20.0 Å². The molecule has 0 spiro atoms. The van der Waals surface area contributed by atoms with Gasteiger partial charge in [-0.2, -0.15) is 9.78 Å². The van der Waals surface area contributed by atoms with Gasteiger partial charge in [0.25, 0.3) is 5.56 Å². The number of para-hydroxylation sites is 1. The minimum absolute atomic E-state index is 0.0700. The predicted molar refractivity (Wildman–Crippen MR) is 136 cm³/mol. The van der Waals surface area contributed by atoms with Gasteiger partial charge >= 0.3 is 0 Å². The maximum atomic E-state index is 12.8. The van der Waals surface area contributed by atoms with E-state index in [1.165, 1.54) is 11.6 Å². The maximum absolute atomic E-state index is 12.8. The first-order chi connectivity index (χ1) is 16.9. The van der Waals surface area contributed by atoms with Crippen LogP contribution in [0.3, 0.4) is 0 Å². The number of amides is 1. The molecule has 1 aromatic heterocycles. The van der Waals surface area contributed by atoms with E-state index >= 15 is 0 Å². The third-order valence-corrected chi connectivity index (χ3v) is 6.45. The lowest BCUT2D eigenvalue weighted by Crippen LogP contribution is -2.52. The zero-order chi connectivity index (χ0) is 24.8. The normalized spacial score (nSPS) is 15.0. The summed E-state index contributed by atoms with van der Waals surface area (Å²) in [7, 11) is 0. The highest BCUT2D eigenvalue weighted by Crippen LogP contribution is 2.23. The van der Waals surface area contributed by atoms with Gasteiger partial charge in [0.05, 0.1) is 30.2 Å². The lowest BCUT2D eigenvalue weighted by molar-refractivity contribution is -0.127. The summed E-state index contributed by atoms with van der Waals surface area (Å²) < 4.78 is 1.29. The van der Waals surface area contributed by atoms with E-state index in [1.807, 2.05) is 58.3 Å². The van der Waals surface area contributed by atoms with Crippen molar-refractivity contribution in [2.24, 2.45) is 0 Å². The summed E-state index contributed by atoms with van der Waals surface area (Å²) >= 11 is 6.43. The highest BCUT2D eigenvalue weighted by atomic mass is 35.5. The lowest BCUT2D eigenvalue weighted by Gasteiger charge is -2.36. The quantitative estimate of drug-likeness (QED) is 0.518. The smallest absolute Gasteiger partial charge is 0.292 e. The number of benzene rings is 2. The standard InChI is InChI=1S/C26H28ClN5O3/c1-19(33)22(16-20-8-4-2-5-9-20)29-24(34)18-30-12-14-31(15-13-30)23-17-28-32(26(35)25(23)27)21-10-6-3-7-11-21/h2-11,17,22H,12-16,18H2,1H3,(H,29,34). The number of Topliss-reactive ketones (excluding diaryl/α,β-unsaturated/α-hetero) is 1. The zero-order valence-electron chi connectivity index (χ0n) is 19.6. The second kappa shape index (κ2) is 11.3. The molecule has 3 aromatic rings. The largest absolute Gasteiger partial charge is 0.366 e. The third kappa shape index (κ3) is 6.15. The van der Waals surface area contributed by atoms with Crippen LogP contribution in [0.5, 0.6) is 0 Å². The molecule has 2 heterocycles. The number of hydrogen-bond donors (Lipinski definition) is 1. The van der Waals surface area contributed by atoms with Crippen LogP contribution in [0.1, 0.15) is 12.5 Å². The number of rotatable bonds is 8. The summed E-state index contributed by atoms with van der Waals surface area (Å²) in [6.07, 6.45) is 2.08. The molecule has 4 rings (SSSR count). The molecule has 35 heavy (non-hydrogen) atoms. The summed E-state index contributed by atoms with van der Waals surface area (Å²) in [5.41, 5.74) is 1.87. The van der Waals surface area contributed by atoms with Crippen molar-refractivity contribution in [1.29, 1.82) is 0 Å². The second-order valence-electron chi connectivity index (χ2n) is 8.58. The highest BCUT2D eigenvalue weighted by Gasteiger charge is 2.24. The molecule has 0 bridgehead atoms. The highest BCUT2D eigenvalue weighted by molar-refractivity contribution is 6.33. The van der Waals surface area contributed by atoms with Crippen LogP contribution in [-0.4, -0.2) is 65.1 Å². The maximum Gasteiger partial charge on any atom is 0.292 e. The fourth-order valence-electron chi connectivity index (χ4n) is 4.13. The van der Waals surface area contributed by atoms with Gasteiger partial charge in [-0.3, -0.25) is 19.3 Å². The van der Waals surface area contributed by atoms with Gasteiger partial charge in [-0.25, -0.2) is 0 Å². The molecule has 1 unspecified atom stereocenters. The first-order valence-corrected chi connectivity index (χ1v) is 11.9. The van der Waals surface area contributed by atoms with Crippen LogP contribution in [0.4, 0.5) is 5.69 Å². The molecule has 1 aliphatic rings. The van der Waals surface area contributed by atoms with Crippen LogP contribution in [0.15, 0.2) is 71.7 Å². The summed E-state index contributed by atoms with van der Waals surface area (Å²) in [4.78, 5) is 41.5. The Morgan fingerprint density at radius 2 is 1.63 bits per heavy atom. The average Bonchev–Trinajstić information content (AvgIpc) is 2.87.